The van der Waals surface area contributed by atoms with Gasteiger partial charge in [-0.05, 0) is 47.0 Å². The summed E-state index contributed by atoms with van der Waals surface area (Å²) in [6, 6.07) is 0. The van der Waals surface area contributed by atoms with Gasteiger partial charge in [0, 0.05) is 5.56 Å². The van der Waals surface area contributed by atoms with Crippen LogP contribution in [0.1, 0.15) is 74.3 Å². The number of rotatable bonds is 1. The number of hydrogen-bond donors (Lipinski definition) is 1. The summed E-state index contributed by atoms with van der Waals surface area (Å²) < 4.78 is 0. The van der Waals surface area contributed by atoms with E-state index in [1.807, 2.05) is 52.8 Å². The van der Waals surface area contributed by atoms with Gasteiger partial charge in [0.15, 0.2) is 5.78 Å². The van der Waals surface area contributed by atoms with Gasteiger partial charge in [0.05, 0.1) is 0 Å². The average molecular weight is 503 g/mol. The fraction of sp³-hybridized carbons (Fsp3) is 0.310. The normalized spacial score (nSPS) is 24.9. The van der Waals surface area contributed by atoms with Crippen LogP contribution in [0.4, 0.5) is 0 Å². The van der Waals surface area contributed by atoms with E-state index in [0.29, 0.717) is 40.2 Å². The Morgan fingerprint density at radius 1 is 0.838 bits per heavy atom. The van der Waals surface area contributed by atoms with Crippen molar-refractivity contribution in [3.63, 3.8) is 0 Å². The molecular formula is C29H26MgN4O3-2. The molecule has 184 valence electrons. The number of ketones is 1. The number of carboxylic acid groups (broad SMARTS) is 1. The quantitative estimate of drug-likeness (QED) is 0.405. The van der Waals surface area contributed by atoms with Crippen LogP contribution in [0.3, 0.4) is 0 Å². The first kappa shape index (κ1) is 25.4. The summed E-state index contributed by atoms with van der Waals surface area (Å²) in [4.78, 5) is 40.3. The number of carbonyl (C=O) groups is 2. The summed E-state index contributed by atoms with van der Waals surface area (Å²) in [6.45, 7) is 12.0. The van der Waals surface area contributed by atoms with Gasteiger partial charge in [0.1, 0.15) is 5.92 Å². The van der Waals surface area contributed by atoms with Crippen molar-refractivity contribution < 1.29 is 14.7 Å². The minimum atomic E-state index is -1.29. The van der Waals surface area contributed by atoms with Gasteiger partial charge >= 0.3 is 29.0 Å². The van der Waals surface area contributed by atoms with E-state index < -0.39 is 17.7 Å². The molecule has 1 N–H and O–H groups in total. The fourth-order valence-corrected chi connectivity index (χ4v) is 5.60. The van der Waals surface area contributed by atoms with E-state index in [2.05, 4.69) is 6.92 Å². The molecule has 3 aromatic heterocycles. The summed E-state index contributed by atoms with van der Waals surface area (Å²) in [5.74, 6) is -2.92. The van der Waals surface area contributed by atoms with Crippen molar-refractivity contribution in [2.75, 3.05) is 0 Å². The summed E-state index contributed by atoms with van der Waals surface area (Å²) in [6.07, 6.45) is 6.55. The maximum Gasteiger partial charge on any atom is 2.00 e. The molecule has 3 aromatic rings. The molecule has 5 heterocycles. The average Bonchev–Trinajstić information content (AvgIpc) is 3.55. The molecule has 0 unspecified atom stereocenters. The number of nitrogens with zero attached hydrogens (tertiary/aromatic N) is 4. The fourth-order valence-electron chi connectivity index (χ4n) is 5.60. The van der Waals surface area contributed by atoms with E-state index in [-0.39, 0.29) is 29.0 Å². The predicted octanol–water partition coefficient (Wildman–Crippen LogP) is 2.75. The van der Waals surface area contributed by atoms with Crippen molar-refractivity contribution in [3.05, 3.63) is 83.6 Å². The minimum Gasteiger partial charge on any atom is -0.664 e. The molecular weight excluding hydrogens is 477 g/mol. The Morgan fingerprint density at radius 2 is 1.41 bits per heavy atom. The summed E-state index contributed by atoms with van der Waals surface area (Å²) in [5, 5.41) is 16.5. The molecule has 7 nitrogen and oxygen atoms in total. The number of aliphatic carboxylic acids is 1. The minimum absolute atomic E-state index is 0. The third-order valence-electron chi connectivity index (χ3n) is 8.04. The number of allylic oxidation sites excluding steroid dienone is 2. The molecule has 8 heteroatoms. The Hall–Kier alpha value is -3.23. The second-order valence-electron chi connectivity index (χ2n) is 10.2. The van der Waals surface area contributed by atoms with Crippen molar-refractivity contribution in [3.8, 4) is 0 Å². The maximum atomic E-state index is 13.4. The Balaban J connectivity index is 0.00000280. The topological polar surface area (TPSA) is 111 Å². The number of carbonyl (C=O) groups excluding carboxylic acids is 1. The summed E-state index contributed by atoms with van der Waals surface area (Å²) >= 11 is 0. The van der Waals surface area contributed by atoms with Crippen molar-refractivity contribution in [2.24, 2.45) is 11.8 Å². The molecule has 1 fully saturated rings. The molecule has 0 radical (unpaired) electrons. The van der Waals surface area contributed by atoms with Crippen LogP contribution in [0.5, 0.6) is 0 Å². The van der Waals surface area contributed by atoms with E-state index >= 15 is 0 Å². The molecule has 1 saturated heterocycles. The molecule has 8 bridgehead atoms. The maximum absolute atomic E-state index is 13.4. The van der Waals surface area contributed by atoms with E-state index in [9.17, 15) is 14.7 Å². The van der Waals surface area contributed by atoms with Crippen LogP contribution in [0, 0.1) is 46.5 Å². The van der Waals surface area contributed by atoms with Gasteiger partial charge < -0.3 is 25.4 Å². The molecule has 37 heavy (non-hydrogen) atoms. The van der Waals surface area contributed by atoms with Gasteiger partial charge in [-0.3, -0.25) is 9.59 Å². The summed E-state index contributed by atoms with van der Waals surface area (Å²) in [5.41, 5.74) is 10.0. The monoisotopic (exact) mass is 502 g/mol. The van der Waals surface area contributed by atoms with Crippen LogP contribution in [0.2, 0.25) is 0 Å². The van der Waals surface area contributed by atoms with Crippen LogP contribution in [0.25, 0.3) is 29.1 Å². The van der Waals surface area contributed by atoms with Gasteiger partial charge in [-0.2, -0.15) is 11.4 Å². The molecule has 2 atom stereocenters. The van der Waals surface area contributed by atoms with Gasteiger partial charge in [-0.25, -0.2) is 0 Å². The van der Waals surface area contributed by atoms with E-state index in [1.54, 1.807) is 0 Å². The van der Waals surface area contributed by atoms with Crippen LogP contribution in [-0.2, 0) is 4.79 Å². The van der Waals surface area contributed by atoms with Crippen molar-refractivity contribution in [1.82, 2.24) is 15.0 Å². The second kappa shape index (κ2) is 8.67. The predicted molar refractivity (Wildman–Crippen MR) is 143 cm³/mol. The zero-order valence-corrected chi connectivity index (χ0v) is 23.3. The van der Waals surface area contributed by atoms with Gasteiger partial charge in [0.25, 0.3) is 0 Å². The van der Waals surface area contributed by atoms with Crippen molar-refractivity contribution in [2.45, 2.75) is 48.0 Å². The molecule has 6 rings (SSSR count). The van der Waals surface area contributed by atoms with Gasteiger partial charge in [-0.15, -0.1) is 33.5 Å². The zero-order chi connectivity index (χ0) is 25.6. The Morgan fingerprint density at radius 3 is 2.00 bits per heavy atom. The number of fused-ring (bicyclic) bond motifs is 7. The second-order valence-corrected chi connectivity index (χ2v) is 10.2. The van der Waals surface area contributed by atoms with Crippen LogP contribution >= 0.6 is 0 Å². The van der Waals surface area contributed by atoms with Crippen LogP contribution in [-0.4, -0.2) is 39.9 Å². The smallest absolute Gasteiger partial charge is 0.664 e. The Bertz CT molecular complexity index is 1710. The summed E-state index contributed by atoms with van der Waals surface area (Å²) in [7, 11) is 0. The molecule has 0 aromatic carbocycles. The first-order valence-electron chi connectivity index (χ1n) is 12.1. The number of carboxylic acids is 1. The van der Waals surface area contributed by atoms with Crippen LogP contribution in [0.15, 0.2) is 11.4 Å². The largest absolute Gasteiger partial charge is 2.00 e. The van der Waals surface area contributed by atoms with Crippen LogP contribution < -0.4 is 25.7 Å². The van der Waals surface area contributed by atoms with E-state index in [4.69, 9.17) is 20.3 Å². The number of Topliss-reactive ketones (excluding diaryl/α,β-unsaturated/α-hetero) is 1. The van der Waals surface area contributed by atoms with Gasteiger partial charge in [0.2, 0.25) is 0 Å². The van der Waals surface area contributed by atoms with Crippen molar-refractivity contribution in [1.29, 1.82) is 0 Å². The molecule has 2 aliphatic heterocycles. The molecule has 0 saturated carbocycles. The molecule has 3 aliphatic rings. The zero-order valence-electron chi connectivity index (χ0n) is 21.9. The standard InChI is InChI=1S/C29H28N4O3.Mg/c1-11-7-17-8-18-12(2)13(3)19(31-18)9-20-14(4)15(5)21(32-20)10-22-16(6)23-27(33-22)24(26(11)30-17)25(28(23)34)29(35)36;/h8-11,25H,7H2,1-6H3,(H3,30,33,34,35,36);/q-2;+2/p-2/b17-8-,20-9-,21-10-;/t11-,25+;/m0./s1. The first-order valence-corrected chi connectivity index (χ1v) is 12.1. The number of aromatic nitrogens is 3. The molecule has 0 amide bonds. The SMILES string of the molecule is Cc1c2[n-]c(c1C)/C=c1\[n-]/c(c(C)c1C)=C\c1[n-]c3c(c1C)C(=O)[C@H](C(=O)O)/C3=C1/[N-]/C(=C\2)C[C@@H]1C.[Mg+2]. The number of hydrogen-bond acceptors (Lipinski definition) is 2. The van der Waals surface area contributed by atoms with Gasteiger partial charge in [-0.1, -0.05) is 58.5 Å². The first-order chi connectivity index (χ1) is 17.1. The third-order valence-corrected chi connectivity index (χ3v) is 8.04. The van der Waals surface area contributed by atoms with Crippen molar-refractivity contribution >= 4 is 58.6 Å². The van der Waals surface area contributed by atoms with E-state index in [1.165, 1.54) is 0 Å². The molecule has 0 spiro atoms. The van der Waals surface area contributed by atoms with E-state index in [0.717, 1.165) is 50.0 Å². The Labute approximate surface area is 231 Å². The Kier molecular flexibility index (Phi) is 5.95. The molecule has 1 aliphatic carbocycles. The third kappa shape index (κ3) is 3.60.